The largest absolute Gasteiger partial charge is 0.394 e. The van der Waals surface area contributed by atoms with Crippen LogP contribution in [0.25, 0.3) is 0 Å². The molecule has 4 unspecified atom stereocenters. The minimum absolute atomic E-state index is 0.364. The highest BCUT2D eigenvalue weighted by Gasteiger charge is 2.28. The van der Waals surface area contributed by atoms with Crippen LogP contribution in [0.3, 0.4) is 0 Å². The molecule has 0 aromatic heterocycles. The second-order valence-corrected chi connectivity index (χ2v) is 15.4. The van der Waals surface area contributed by atoms with Gasteiger partial charge in [0.05, 0.1) is 18.8 Å². The van der Waals surface area contributed by atoms with E-state index in [1.807, 2.05) is 0 Å². The number of aliphatic hydroxyl groups excluding tert-OH is 4. The number of carbonyl (C=O) groups is 1. The SMILES string of the molecule is CCCCCCCCCCC/C=C/CC/C=C/CCCC(O)C(O)C(CO)NC(=O)C(O)CCCCCCCCCCCCCCCCCCC. The van der Waals surface area contributed by atoms with Crippen molar-refractivity contribution in [2.24, 2.45) is 0 Å². The van der Waals surface area contributed by atoms with Gasteiger partial charge in [-0.1, -0.05) is 199 Å². The summed E-state index contributed by atoms with van der Waals surface area (Å²) in [5.74, 6) is -0.595. The Morgan fingerprint density at radius 2 is 0.824 bits per heavy atom. The number of hydrogen-bond acceptors (Lipinski definition) is 5. The van der Waals surface area contributed by atoms with Crippen LogP contribution < -0.4 is 5.32 Å². The van der Waals surface area contributed by atoms with E-state index >= 15 is 0 Å². The smallest absolute Gasteiger partial charge is 0.249 e. The lowest BCUT2D eigenvalue weighted by molar-refractivity contribution is -0.132. The molecule has 0 fully saturated rings. The van der Waals surface area contributed by atoms with E-state index in [1.165, 1.54) is 154 Å². The summed E-state index contributed by atoms with van der Waals surface area (Å²) in [5.41, 5.74) is 0. The standard InChI is InChI=1S/C45H87NO5/c1-3-5-7-9-11-13-15-17-19-21-23-24-26-28-30-32-34-36-38-42(48)44(50)41(40-47)46-45(51)43(49)39-37-35-33-31-29-27-25-22-20-18-16-14-12-10-8-6-4-2/h23-24,30,32,41-44,47-50H,3-22,25-29,31,33-40H2,1-2H3,(H,46,51)/b24-23+,32-30+. The summed E-state index contributed by atoms with van der Waals surface area (Å²) in [6.07, 6.45) is 44.9. The van der Waals surface area contributed by atoms with Crippen molar-refractivity contribution >= 4 is 5.91 Å². The first-order valence-electron chi connectivity index (χ1n) is 22.2. The van der Waals surface area contributed by atoms with Crippen LogP contribution in [0.15, 0.2) is 24.3 Å². The Kier molecular flexibility index (Phi) is 39.0. The Bertz CT molecular complexity index is 772. The highest BCUT2D eigenvalue weighted by Crippen LogP contribution is 2.16. The van der Waals surface area contributed by atoms with Crippen LogP contribution in [0.2, 0.25) is 0 Å². The summed E-state index contributed by atoms with van der Waals surface area (Å²) < 4.78 is 0. The number of rotatable bonds is 40. The first-order chi connectivity index (χ1) is 25.0. The Balaban J connectivity index is 3.79. The molecule has 4 atom stereocenters. The maximum atomic E-state index is 12.5. The zero-order chi connectivity index (χ0) is 37.5. The molecule has 0 aromatic carbocycles. The van der Waals surface area contributed by atoms with Crippen molar-refractivity contribution in [3.63, 3.8) is 0 Å². The van der Waals surface area contributed by atoms with Gasteiger partial charge in [0.15, 0.2) is 0 Å². The third-order valence-corrected chi connectivity index (χ3v) is 10.4. The second kappa shape index (κ2) is 40.0. The summed E-state index contributed by atoms with van der Waals surface area (Å²) in [7, 11) is 0. The highest BCUT2D eigenvalue weighted by atomic mass is 16.3. The minimum Gasteiger partial charge on any atom is -0.394 e. The fraction of sp³-hybridized carbons (Fsp3) is 0.889. The van der Waals surface area contributed by atoms with Gasteiger partial charge in [0, 0.05) is 0 Å². The predicted octanol–water partition coefficient (Wildman–Crippen LogP) is 11.6. The molecule has 5 N–H and O–H groups in total. The molecule has 6 heteroatoms. The lowest BCUT2D eigenvalue weighted by Crippen LogP contribution is -2.53. The molecule has 0 rings (SSSR count). The number of hydrogen-bond donors (Lipinski definition) is 5. The molecule has 51 heavy (non-hydrogen) atoms. The van der Waals surface area contributed by atoms with E-state index in [2.05, 4.69) is 43.5 Å². The fourth-order valence-corrected chi connectivity index (χ4v) is 6.83. The van der Waals surface area contributed by atoms with Gasteiger partial charge >= 0.3 is 0 Å². The number of unbranched alkanes of at least 4 members (excludes halogenated alkanes) is 27. The van der Waals surface area contributed by atoms with Gasteiger partial charge in [-0.25, -0.2) is 0 Å². The van der Waals surface area contributed by atoms with Crippen molar-refractivity contribution < 1.29 is 25.2 Å². The normalized spacial score (nSPS) is 14.4. The number of amides is 1. The molecule has 302 valence electrons. The van der Waals surface area contributed by atoms with Gasteiger partial charge in [-0.05, 0) is 51.4 Å². The van der Waals surface area contributed by atoms with E-state index in [-0.39, 0.29) is 0 Å². The molecular weight excluding hydrogens is 634 g/mol. The van der Waals surface area contributed by atoms with E-state index in [9.17, 15) is 25.2 Å². The molecule has 0 aliphatic rings. The fourth-order valence-electron chi connectivity index (χ4n) is 6.83. The van der Waals surface area contributed by atoms with E-state index in [0.717, 1.165) is 38.5 Å². The third kappa shape index (κ3) is 34.3. The molecule has 0 aromatic rings. The van der Waals surface area contributed by atoms with Gasteiger partial charge in [0.2, 0.25) is 5.91 Å². The monoisotopic (exact) mass is 722 g/mol. The summed E-state index contributed by atoms with van der Waals surface area (Å²) in [6.45, 7) is 4.04. The molecule has 0 heterocycles. The first kappa shape index (κ1) is 49.8. The molecule has 0 spiro atoms. The van der Waals surface area contributed by atoms with Crippen molar-refractivity contribution in [3.05, 3.63) is 24.3 Å². The number of carbonyl (C=O) groups excluding carboxylic acids is 1. The minimum atomic E-state index is -1.29. The Labute approximate surface area is 316 Å². The lowest BCUT2D eigenvalue weighted by atomic mass is 10.00. The maximum Gasteiger partial charge on any atom is 0.249 e. The van der Waals surface area contributed by atoms with Crippen LogP contribution in [-0.2, 0) is 4.79 Å². The van der Waals surface area contributed by atoms with Crippen molar-refractivity contribution in [1.82, 2.24) is 5.32 Å². The van der Waals surface area contributed by atoms with Gasteiger partial charge in [0.25, 0.3) is 0 Å². The zero-order valence-electron chi connectivity index (χ0n) is 33.9. The average Bonchev–Trinajstić information content (AvgIpc) is 3.13. The van der Waals surface area contributed by atoms with Crippen LogP contribution in [0.5, 0.6) is 0 Å². The van der Waals surface area contributed by atoms with E-state index < -0.39 is 36.9 Å². The number of allylic oxidation sites excluding steroid dienone is 4. The van der Waals surface area contributed by atoms with Crippen LogP contribution in [0.4, 0.5) is 0 Å². The summed E-state index contributed by atoms with van der Waals surface area (Å²) in [6, 6.07) is -1.00. The predicted molar refractivity (Wildman–Crippen MR) is 219 cm³/mol. The van der Waals surface area contributed by atoms with Gasteiger partial charge in [-0.2, -0.15) is 0 Å². The van der Waals surface area contributed by atoms with Crippen molar-refractivity contribution in [2.45, 2.75) is 250 Å². The third-order valence-electron chi connectivity index (χ3n) is 10.4. The van der Waals surface area contributed by atoms with Gasteiger partial charge in [0.1, 0.15) is 12.2 Å². The zero-order valence-corrected chi connectivity index (χ0v) is 33.9. The molecule has 6 nitrogen and oxygen atoms in total. The molecule has 0 saturated heterocycles. The average molecular weight is 722 g/mol. The Morgan fingerprint density at radius 1 is 0.471 bits per heavy atom. The summed E-state index contributed by atoms with van der Waals surface area (Å²) >= 11 is 0. The number of aliphatic hydroxyl groups is 4. The van der Waals surface area contributed by atoms with E-state index in [1.54, 1.807) is 0 Å². The Morgan fingerprint density at radius 3 is 1.24 bits per heavy atom. The van der Waals surface area contributed by atoms with Crippen molar-refractivity contribution in [2.75, 3.05) is 6.61 Å². The molecule has 0 aliphatic carbocycles. The van der Waals surface area contributed by atoms with Crippen LogP contribution >= 0.6 is 0 Å². The van der Waals surface area contributed by atoms with Crippen molar-refractivity contribution in [3.8, 4) is 0 Å². The molecule has 1 amide bonds. The van der Waals surface area contributed by atoms with Crippen LogP contribution in [-0.4, -0.2) is 57.3 Å². The lowest BCUT2D eigenvalue weighted by Gasteiger charge is -2.27. The first-order valence-corrected chi connectivity index (χ1v) is 22.2. The van der Waals surface area contributed by atoms with Gasteiger partial charge in [-0.3, -0.25) is 4.79 Å². The summed E-state index contributed by atoms with van der Waals surface area (Å²) in [4.78, 5) is 12.5. The van der Waals surface area contributed by atoms with Crippen LogP contribution in [0.1, 0.15) is 226 Å². The molecule has 0 bridgehead atoms. The maximum absolute atomic E-state index is 12.5. The molecule has 0 saturated carbocycles. The quantitative estimate of drug-likeness (QED) is 0.0320. The van der Waals surface area contributed by atoms with Gasteiger partial charge < -0.3 is 25.7 Å². The summed E-state index contributed by atoms with van der Waals surface area (Å²) in [5, 5.41) is 43.6. The molecular formula is C45H87NO5. The highest BCUT2D eigenvalue weighted by molar-refractivity contribution is 5.80. The number of nitrogens with one attached hydrogen (secondary N) is 1. The second-order valence-electron chi connectivity index (χ2n) is 15.4. The van der Waals surface area contributed by atoms with E-state index in [4.69, 9.17) is 0 Å². The van der Waals surface area contributed by atoms with Crippen LogP contribution in [0, 0.1) is 0 Å². The molecule has 0 radical (unpaired) electrons. The molecule has 0 aliphatic heterocycles. The topological polar surface area (TPSA) is 110 Å². The van der Waals surface area contributed by atoms with Crippen molar-refractivity contribution in [1.29, 1.82) is 0 Å². The van der Waals surface area contributed by atoms with E-state index in [0.29, 0.717) is 19.3 Å². The Hall–Kier alpha value is -1.21. The van der Waals surface area contributed by atoms with Gasteiger partial charge in [-0.15, -0.1) is 0 Å².